The van der Waals surface area contributed by atoms with Crippen LogP contribution < -0.4 is 4.74 Å². The third-order valence-electron chi connectivity index (χ3n) is 4.23. The van der Waals surface area contributed by atoms with Crippen molar-refractivity contribution in [3.05, 3.63) is 66.2 Å². The second-order valence-corrected chi connectivity index (χ2v) is 5.88. The number of pyridine rings is 1. The Labute approximate surface area is 144 Å². The van der Waals surface area contributed by atoms with Crippen LogP contribution in [0.2, 0.25) is 0 Å². The first-order chi connectivity index (χ1) is 12.2. The summed E-state index contributed by atoms with van der Waals surface area (Å²) in [6.45, 7) is 1.16. The van der Waals surface area contributed by atoms with Gasteiger partial charge < -0.3 is 19.7 Å². The maximum Gasteiger partial charge on any atom is 0.270 e. The van der Waals surface area contributed by atoms with Crippen molar-refractivity contribution in [2.24, 2.45) is 0 Å². The molecule has 1 aliphatic heterocycles. The van der Waals surface area contributed by atoms with Gasteiger partial charge in [0.1, 0.15) is 12.3 Å². The Hall–Kier alpha value is -3.28. The van der Waals surface area contributed by atoms with E-state index in [-0.39, 0.29) is 11.7 Å². The number of aromatic hydroxyl groups is 1. The van der Waals surface area contributed by atoms with E-state index in [0.717, 1.165) is 16.7 Å². The summed E-state index contributed by atoms with van der Waals surface area (Å²) < 4.78 is 5.70. The number of hydrogen-bond donors (Lipinski definition) is 2. The van der Waals surface area contributed by atoms with E-state index in [1.807, 2.05) is 18.2 Å². The highest BCUT2D eigenvalue weighted by molar-refractivity contribution is 5.92. The molecule has 126 valence electrons. The molecule has 6 heteroatoms. The van der Waals surface area contributed by atoms with Crippen LogP contribution in [0.3, 0.4) is 0 Å². The summed E-state index contributed by atoms with van der Waals surface area (Å²) in [4.78, 5) is 21.4. The number of fused-ring (bicyclic) bond motifs is 1. The molecule has 6 nitrogen and oxygen atoms in total. The van der Waals surface area contributed by atoms with E-state index in [1.165, 1.54) is 0 Å². The van der Waals surface area contributed by atoms with Gasteiger partial charge in [0.2, 0.25) is 0 Å². The molecule has 2 aromatic heterocycles. The van der Waals surface area contributed by atoms with Crippen LogP contribution in [-0.4, -0.2) is 39.0 Å². The van der Waals surface area contributed by atoms with Crippen LogP contribution in [0.1, 0.15) is 16.1 Å². The molecule has 0 aliphatic carbocycles. The summed E-state index contributed by atoms with van der Waals surface area (Å²) in [6.07, 6.45) is 5.16. The molecule has 1 aromatic carbocycles. The molecule has 2 N–H and O–H groups in total. The number of nitrogens with one attached hydrogen (secondary N) is 1. The summed E-state index contributed by atoms with van der Waals surface area (Å²) in [5.41, 5.74) is 3.04. The lowest BCUT2D eigenvalue weighted by Crippen LogP contribution is -2.32. The van der Waals surface area contributed by atoms with Crippen LogP contribution >= 0.6 is 0 Å². The number of aromatic amines is 1. The number of ether oxygens (including phenoxy) is 1. The van der Waals surface area contributed by atoms with Crippen molar-refractivity contribution in [1.29, 1.82) is 0 Å². The lowest BCUT2D eigenvalue weighted by molar-refractivity contribution is 0.0728. The summed E-state index contributed by atoms with van der Waals surface area (Å²) in [7, 11) is 0. The number of hydrogen-bond acceptors (Lipinski definition) is 4. The van der Waals surface area contributed by atoms with Crippen molar-refractivity contribution < 1.29 is 14.6 Å². The largest absolute Gasteiger partial charge is 0.504 e. The highest BCUT2D eigenvalue weighted by Gasteiger charge is 2.24. The number of aromatic nitrogens is 2. The number of carbonyl (C=O) groups excluding carboxylic acids is 1. The third kappa shape index (κ3) is 2.94. The van der Waals surface area contributed by atoms with Gasteiger partial charge in [-0.05, 0) is 35.9 Å². The minimum absolute atomic E-state index is 0.0746. The minimum Gasteiger partial charge on any atom is -0.504 e. The fraction of sp³-hybridized carbons (Fsp3) is 0.158. The average molecular weight is 335 g/mol. The lowest BCUT2D eigenvalue weighted by Gasteiger charge is -2.19. The van der Waals surface area contributed by atoms with Crippen LogP contribution in [0.4, 0.5) is 0 Å². The van der Waals surface area contributed by atoms with Gasteiger partial charge in [-0.15, -0.1) is 0 Å². The topological polar surface area (TPSA) is 78.5 Å². The van der Waals surface area contributed by atoms with Crippen molar-refractivity contribution in [1.82, 2.24) is 14.9 Å². The van der Waals surface area contributed by atoms with Gasteiger partial charge in [-0.3, -0.25) is 9.78 Å². The normalized spacial score (nSPS) is 13.7. The predicted molar refractivity (Wildman–Crippen MR) is 92.4 cm³/mol. The molecule has 0 atom stereocenters. The standard InChI is InChI=1S/C19H17N3O3/c23-17-10-14(13-3-1-5-20-11-13)9-15-12-22(7-8-25-18(15)17)19(24)16-4-2-6-21-16/h1-6,9-11,21,23H,7-8,12H2. The fourth-order valence-electron chi connectivity index (χ4n) is 3.01. The molecule has 0 bridgehead atoms. The molecule has 1 amide bonds. The monoisotopic (exact) mass is 335 g/mol. The Morgan fingerprint density at radius 3 is 2.92 bits per heavy atom. The van der Waals surface area contributed by atoms with Gasteiger partial charge in [0.15, 0.2) is 11.5 Å². The molecule has 3 aromatic rings. The molecule has 0 unspecified atom stereocenters. The quantitative estimate of drug-likeness (QED) is 0.755. The Kier molecular flexibility index (Phi) is 3.85. The van der Waals surface area contributed by atoms with Crippen LogP contribution in [-0.2, 0) is 6.54 Å². The molecule has 1 aliphatic rings. The predicted octanol–water partition coefficient (Wildman–Crippen LogP) is 2.82. The van der Waals surface area contributed by atoms with Gasteiger partial charge in [-0.25, -0.2) is 0 Å². The Balaban J connectivity index is 1.70. The first-order valence-corrected chi connectivity index (χ1v) is 8.04. The first-order valence-electron chi connectivity index (χ1n) is 8.04. The lowest BCUT2D eigenvalue weighted by atomic mass is 10.0. The van der Waals surface area contributed by atoms with Gasteiger partial charge >= 0.3 is 0 Å². The Morgan fingerprint density at radius 1 is 1.24 bits per heavy atom. The number of H-pyrrole nitrogens is 1. The maximum atomic E-state index is 12.6. The molecular weight excluding hydrogens is 318 g/mol. The molecule has 0 saturated heterocycles. The van der Waals surface area contributed by atoms with Crippen LogP contribution in [0.5, 0.6) is 11.5 Å². The van der Waals surface area contributed by atoms with Crippen molar-refractivity contribution in [3.8, 4) is 22.6 Å². The molecule has 0 spiro atoms. The second-order valence-electron chi connectivity index (χ2n) is 5.88. The molecule has 0 fully saturated rings. The van der Waals surface area contributed by atoms with Crippen molar-refractivity contribution >= 4 is 5.91 Å². The number of rotatable bonds is 2. The highest BCUT2D eigenvalue weighted by Crippen LogP contribution is 2.37. The molecule has 3 heterocycles. The summed E-state index contributed by atoms with van der Waals surface area (Å²) >= 11 is 0. The van der Waals surface area contributed by atoms with E-state index in [0.29, 0.717) is 31.1 Å². The number of phenols is 1. The maximum absolute atomic E-state index is 12.6. The average Bonchev–Trinajstić information content (AvgIpc) is 3.08. The molecule has 25 heavy (non-hydrogen) atoms. The van der Waals surface area contributed by atoms with Gasteiger partial charge in [-0.2, -0.15) is 0 Å². The van der Waals surface area contributed by atoms with Crippen LogP contribution in [0.15, 0.2) is 55.0 Å². The van der Waals surface area contributed by atoms with E-state index in [4.69, 9.17) is 4.74 Å². The SMILES string of the molecule is O=C(c1ccc[nH]1)N1CCOc2c(O)cc(-c3cccnc3)cc2C1. The fourth-order valence-corrected chi connectivity index (χ4v) is 3.01. The minimum atomic E-state index is -0.0901. The van der Waals surface area contributed by atoms with Gasteiger partial charge in [-0.1, -0.05) is 6.07 Å². The number of benzene rings is 1. The number of nitrogens with zero attached hydrogens (tertiary/aromatic N) is 2. The molecule has 0 radical (unpaired) electrons. The Bertz CT molecular complexity index is 892. The molecule has 0 saturated carbocycles. The zero-order chi connectivity index (χ0) is 17.2. The van der Waals surface area contributed by atoms with E-state index < -0.39 is 0 Å². The number of carbonyl (C=O) groups is 1. The Morgan fingerprint density at radius 2 is 2.16 bits per heavy atom. The van der Waals surface area contributed by atoms with Crippen molar-refractivity contribution in [3.63, 3.8) is 0 Å². The summed E-state index contributed by atoms with van der Waals surface area (Å²) in [6, 6.07) is 10.9. The highest BCUT2D eigenvalue weighted by atomic mass is 16.5. The zero-order valence-electron chi connectivity index (χ0n) is 13.5. The van der Waals surface area contributed by atoms with Gasteiger partial charge in [0, 0.05) is 36.3 Å². The summed E-state index contributed by atoms with van der Waals surface area (Å²) in [5, 5.41) is 10.4. The van der Waals surface area contributed by atoms with Gasteiger partial charge in [0.05, 0.1) is 6.54 Å². The van der Waals surface area contributed by atoms with Crippen molar-refractivity contribution in [2.45, 2.75) is 6.54 Å². The smallest absolute Gasteiger partial charge is 0.270 e. The first kappa shape index (κ1) is 15.3. The van der Waals surface area contributed by atoms with E-state index in [2.05, 4.69) is 9.97 Å². The summed E-state index contributed by atoms with van der Waals surface area (Å²) in [5.74, 6) is 0.424. The van der Waals surface area contributed by atoms with Crippen molar-refractivity contribution in [2.75, 3.05) is 13.2 Å². The van der Waals surface area contributed by atoms with E-state index in [9.17, 15) is 9.90 Å². The second kappa shape index (κ2) is 6.32. The number of phenolic OH excluding ortho intramolecular Hbond substituents is 1. The third-order valence-corrected chi connectivity index (χ3v) is 4.23. The zero-order valence-corrected chi connectivity index (χ0v) is 13.5. The molecule has 4 rings (SSSR count). The van der Waals surface area contributed by atoms with Crippen LogP contribution in [0, 0.1) is 0 Å². The van der Waals surface area contributed by atoms with E-state index >= 15 is 0 Å². The van der Waals surface area contributed by atoms with E-state index in [1.54, 1.807) is 41.7 Å². The van der Waals surface area contributed by atoms with Gasteiger partial charge in [0.25, 0.3) is 5.91 Å². The molecular formula is C19H17N3O3. The van der Waals surface area contributed by atoms with Crippen LogP contribution in [0.25, 0.3) is 11.1 Å². The number of amides is 1.